The van der Waals surface area contributed by atoms with Crippen LogP contribution in [-0.2, 0) is 6.54 Å². The number of amides is 1. The van der Waals surface area contributed by atoms with Crippen LogP contribution < -0.4 is 5.32 Å². The lowest BCUT2D eigenvalue weighted by Gasteiger charge is -2.33. The summed E-state index contributed by atoms with van der Waals surface area (Å²) in [5.41, 5.74) is 1.66. The van der Waals surface area contributed by atoms with Crippen LogP contribution in [0.3, 0.4) is 0 Å². The molecule has 0 radical (unpaired) electrons. The highest BCUT2D eigenvalue weighted by atomic mass is 19.1. The van der Waals surface area contributed by atoms with Gasteiger partial charge in [0.2, 0.25) is 0 Å². The number of halogens is 1. The second-order valence-corrected chi connectivity index (χ2v) is 6.04. The first-order chi connectivity index (χ1) is 11.2. The van der Waals surface area contributed by atoms with Crippen molar-refractivity contribution in [3.8, 4) is 0 Å². The van der Waals surface area contributed by atoms with Crippen molar-refractivity contribution in [2.75, 3.05) is 13.1 Å². The Balaban J connectivity index is 1.57. The molecule has 1 N–H and O–H groups in total. The molecule has 3 rings (SSSR count). The van der Waals surface area contributed by atoms with Crippen LogP contribution in [0.4, 0.5) is 4.39 Å². The predicted octanol–water partition coefficient (Wildman–Crippen LogP) is 3.22. The summed E-state index contributed by atoms with van der Waals surface area (Å²) in [5.74, 6) is -0.581. The molecule has 0 bridgehead atoms. The molecule has 0 saturated carbocycles. The van der Waals surface area contributed by atoms with Crippen LogP contribution in [0.1, 0.15) is 28.8 Å². The molecule has 0 aromatic heterocycles. The van der Waals surface area contributed by atoms with Crippen molar-refractivity contribution in [3.63, 3.8) is 0 Å². The van der Waals surface area contributed by atoms with Crippen LogP contribution in [0.2, 0.25) is 0 Å². The highest BCUT2D eigenvalue weighted by Crippen LogP contribution is 2.14. The Morgan fingerprint density at radius 1 is 1.17 bits per heavy atom. The zero-order valence-corrected chi connectivity index (χ0v) is 13.0. The van der Waals surface area contributed by atoms with E-state index in [9.17, 15) is 9.18 Å². The SMILES string of the molecule is O=C(NC1CCCN(Cc2ccccc2)C1)c1cccc(F)c1. The second kappa shape index (κ2) is 7.38. The molecule has 1 saturated heterocycles. The third kappa shape index (κ3) is 4.39. The monoisotopic (exact) mass is 312 g/mol. The van der Waals surface area contributed by atoms with Gasteiger partial charge >= 0.3 is 0 Å². The van der Waals surface area contributed by atoms with Gasteiger partial charge in [0.1, 0.15) is 5.82 Å². The van der Waals surface area contributed by atoms with Crippen molar-refractivity contribution in [2.45, 2.75) is 25.4 Å². The fraction of sp³-hybridized carbons (Fsp3) is 0.316. The van der Waals surface area contributed by atoms with Crippen molar-refractivity contribution in [3.05, 3.63) is 71.5 Å². The van der Waals surface area contributed by atoms with Crippen molar-refractivity contribution < 1.29 is 9.18 Å². The maximum Gasteiger partial charge on any atom is 0.251 e. The molecule has 1 atom stereocenters. The number of carbonyl (C=O) groups excluding carboxylic acids is 1. The topological polar surface area (TPSA) is 32.3 Å². The van der Waals surface area contributed by atoms with Crippen molar-refractivity contribution >= 4 is 5.91 Å². The number of benzene rings is 2. The van der Waals surface area contributed by atoms with E-state index in [1.165, 1.54) is 17.7 Å². The fourth-order valence-corrected chi connectivity index (χ4v) is 3.06. The molecule has 1 unspecified atom stereocenters. The number of likely N-dealkylation sites (tertiary alicyclic amines) is 1. The Morgan fingerprint density at radius 3 is 2.78 bits per heavy atom. The third-order valence-electron chi connectivity index (χ3n) is 4.18. The molecule has 23 heavy (non-hydrogen) atoms. The first kappa shape index (κ1) is 15.7. The van der Waals surface area contributed by atoms with Gasteiger partial charge in [-0.15, -0.1) is 0 Å². The van der Waals surface area contributed by atoms with E-state index in [0.29, 0.717) is 5.56 Å². The molecule has 120 valence electrons. The quantitative estimate of drug-likeness (QED) is 0.940. The van der Waals surface area contributed by atoms with E-state index in [1.807, 2.05) is 18.2 Å². The normalized spacial score (nSPS) is 18.6. The molecular formula is C19H21FN2O. The molecule has 2 aromatic carbocycles. The first-order valence-electron chi connectivity index (χ1n) is 8.03. The highest BCUT2D eigenvalue weighted by Gasteiger charge is 2.22. The van der Waals surface area contributed by atoms with Gasteiger partial charge in [-0.3, -0.25) is 9.69 Å². The molecule has 1 aliphatic heterocycles. The maximum atomic E-state index is 13.2. The standard InChI is InChI=1S/C19H21FN2O/c20-17-9-4-8-16(12-17)19(23)21-18-10-5-11-22(14-18)13-15-6-2-1-3-7-15/h1-4,6-9,12,18H,5,10-11,13-14H2,(H,21,23). The number of nitrogens with one attached hydrogen (secondary N) is 1. The lowest BCUT2D eigenvalue weighted by Crippen LogP contribution is -2.47. The summed E-state index contributed by atoms with van der Waals surface area (Å²) in [6.07, 6.45) is 2.02. The van der Waals surface area contributed by atoms with Crippen LogP contribution in [0.5, 0.6) is 0 Å². The number of hydrogen-bond acceptors (Lipinski definition) is 2. The van der Waals surface area contributed by atoms with Gasteiger partial charge in [-0.2, -0.15) is 0 Å². The molecular weight excluding hydrogens is 291 g/mol. The number of hydrogen-bond donors (Lipinski definition) is 1. The van der Waals surface area contributed by atoms with Gasteiger partial charge in [-0.1, -0.05) is 36.4 Å². The first-order valence-corrected chi connectivity index (χ1v) is 8.03. The van der Waals surface area contributed by atoms with Gasteiger partial charge in [0.05, 0.1) is 0 Å². The minimum Gasteiger partial charge on any atom is -0.348 e. The van der Waals surface area contributed by atoms with Gasteiger partial charge in [-0.25, -0.2) is 4.39 Å². The van der Waals surface area contributed by atoms with E-state index >= 15 is 0 Å². The molecule has 1 aliphatic rings. The summed E-state index contributed by atoms with van der Waals surface area (Å²) >= 11 is 0. The van der Waals surface area contributed by atoms with Crippen LogP contribution >= 0.6 is 0 Å². The van der Waals surface area contributed by atoms with Crippen molar-refractivity contribution in [1.29, 1.82) is 0 Å². The van der Waals surface area contributed by atoms with Gasteiger partial charge < -0.3 is 5.32 Å². The highest BCUT2D eigenvalue weighted by molar-refractivity contribution is 5.94. The minimum absolute atomic E-state index is 0.114. The Kier molecular flexibility index (Phi) is 5.03. The van der Waals surface area contributed by atoms with Crippen LogP contribution in [0, 0.1) is 5.82 Å². The Morgan fingerprint density at radius 2 is 2.00 bits per heavy atom. The predicted molar refractivity (Wildman–Crippen MR) is 88.6 cm³/mol. The molecule has 1 fully saturated rings. The third-order valence-corrected chi connectivity index (χ3v) is 4.18. The molecule has 3 nitrogen and oxygen atoms in total. The maximum absolute atomic E-state index is 13.2. The molecule has 4 heteroatoms. The second-order valence-electron chi connectivity index (χ2n) is 6.04. The summed E-state index contributed by atoms with van der Waals surface area (Å²) in [4.78, 5) is 14.6. The van der Waals surface area contributed by atoms with Gasteiger partial charge in [0.25, 0.3) is 5.91 Å². The molecule has 1 amide bonds. The van der Waals surface area contributed by atoms with E-state index in [2.05, 4.69) is 22.3 Å². The van der Waals surface area contributed by atoms with Gasteiger partial charge in [0.15, 0.2) is 0 Å². The van der Waals surface area contributed by atoms with E-state index in [4.69, 9.17) is 0 Å². The number of piperidine rings is 1. The summed E-state index contributed by atoms with van der Waals surface area (Å²) in [7, 11) is 0. The van der Waals surface area contributed by atoms with E-state index in [1.54, 1.807) is 12.1 Å². The Bertz CT molecular complexity index is 659. The Hall–Kier alpha value is -2.20. The lowest BCUT2D eigenvalue weighted by molar-refractivity contribution is 0.0900. The summed E-state index contributed by atoms with van der Waals surface area (Å²) in [6.45, 7) is 2.77. The van der Waals surface area contributed by atoms with Crippen LogP contribution in [-0.4, -0.2) is 29.9 Å². The van der Waals surface area contributed by atoms with E-state index in [0.717, 1.165) is 32.5 Å². The zero-order valence-electron chi connectivity index (χ0n) is 13.0. The van der Waals surface area contributed by atoms with Gasteiger partial charge in [-0.05, 0) is 43.1 Å². The number of rotatable bonds is 4. The molecule has 2 aromatic rings. The van der Waals surface area contributed by atoms with E-state index < -0.39 is 0 Å². The minimum atomic E-state index is -0.382. The zero-order chi connectivity index (χ0) is 16.1. The smallest absolute Gasteiger partial charge is 0.251 e. The lowest BCUT2D eigenvalue weighted by atomic mass is 10.0. The molecule has 1 heterocycles. The van der Waals surface area contributed by atoms with Crippen molar-refractivity contribution in [2.24, 2.45) is 0 Å². The largest absolute Gasteiger partial charge is 0.348 e. The molecule has 0 aliphatic carbocycles. The summed E-state index contributed by atoms with van der Waals surface area (Å²) in [5, 5.41) is 3.03. The fourth-order valence-electron chi connectivity index (χ4n) is 3.06. The average molecular weight is 312 g/mol. The van der Waals surface area contributed by atoms with Crippen molar-refractivity contribution in [1.82, 2.24) is 10.2 Å². The van der Waals surface area contributed by atoms with Gasteiger partial charge in [0, 0.05) is 24.7 Å². The summed E-state index contributed by atoms with van der Waals surface area (Å²) in [6, 6.07) is 16.3. The summed E-state index contributed by atoms with van der Waals surface area (Å²) < 4.78 is 13.2. The Labute approximate surface area is 136 Å². The molecule has 0 spiro atoms. The number of nitrogens with zero attached hydrogens (tertiary/aromatic N) is 1. The average Bonchev–Trinajstić information content (AvgIpc) is 2.56. The number of carbonyl (C=O) groups is 1. The van der Waals surface area contributed by atoms with E-state index in [-0.39, 0.29) is 17.8 Å². The van der Waals surface area contributed by atoms with Crippen LogP contribution in [0.15, 0.2) is 54.6 Å². The van der Waals surface area contributed by atoms with Crippen LogP contribution in [0.25, 0.3) is 0 Å².